The zero-order valence-corrected chi connectivity index (χ0v) is 16.9. The van der Waals surface area contributed by atoms with E-state index in [2.05, 4.69) is 54.5 Å². The van der Waals surface area contributed by atoms with Crippen molar-refractivity contribution in [3.8, 4) is 0 Å². The largest absolute Gasteiger partial charge is 0.334 e. The van der Waals surface area contributed by atoms with Crippen molar-refractivity contribution in [2.45, 2.75) is 26.3 Å². The molecule has 2 aromatic heterocycles. The molecule has 1 aliphatic rings. The van der Waals surface area contributed by atoms with Crippen LogP contribution in [0.3, 0.4) is 0 Å². The quantitative estimate of drug-likeness (QED) is 0.698. The highest BCUT2D eigenvalue weighted by atomic mass is 16.2. The van der Waals surface area contributed by atoms with Crippen molar-refractivity contribution in [2.24, 2.45) is 5.92 Å². The van der Waals surface area contributed by atoms with Gasteiger partial charge in [-0.15, -0.1) is 0 Å². The number of nitrogens with zero attached hydrogens (tertiary/aromatic N) is 4. The molecule has 146 valence electrons. The molecule has 1 aromatic carbocycles. The number of hydrogen-bond donors (Lipinski definition) is 0. The molecule has 0 spiro atoms. The first kappa shape index (κ1) is 18.7. The minimum absolute atomic E-state index is 0.0349. The van der Waals surface area contributed by atoms with Crippen LogP contribution in [0.4, 0.5) is 0 Å². The maximum atomic E-state index is 13.4. The van der Waals surface area contributed by atoms with Crippen LogP contribution in [0, 0.1) is 5.92 Å². The Morgan fingerprint density at radius 3 is 2.61 bits per heavy atom. The third-order valence-corrected chi connectivity index (χ3v) is 5.53. The molecule has 1 amide bonds. The van der Waals surface area contributed by atoms with Crippen molar-refractivity contribution in [3.05, 3.63) is 71.8 Å². The van der Waals surface area contributed by atoms with E-state index in [1.165, 1.54) is 5.56 Å². The molecule has 1 aliphatic heterocycles. The van der Waals surface area contributed by atoms with Crippen molar-refractivity contribution < 1.29 is 4.79 Å². The molecule has 0 bridgehead atoms. The Bertz CT molecular complexity index is 963. The smallest absolute Gasteiger partial charge is 0.274 e. The zero-order valence-electron chi connectivity index (χ0n) is 16.9. The van der Waals surface area contributed by atoms with Gasteiger partial charge in [-0.2, -0.15) is 0 Å². The third-order valence-electron chi connectivity index (χ3n) is 5.53. The molecule has 4 rings (SSSR count). The van der Waals surface area contributed by atoms with E-state index in [4.69, 9.17) is 4.98 Å². The van der Waals surface area contributed by atoms with Gasteiger partial charge in [0.1, 0.15) is 5.82 Å². The van der Waals surface area contributed by atoms with Gasteiger partial charge in [-0.05, 0) is 30.7 Å². The summed E-state index contributed by atoms with van der Waals surface area (Å²) in [7, 11) is 2.13. The lowest BCUT2D eigenvalue weighted by atomic mass is 10.0. The Balaban J connectivity index is 1.64. The van der Waals surface area contributed by atoms with Gasteiger partial charge in [0.25, 0.3) is 5.91 Å². The van der Waals surface area contributed by atoms with Gasteiger partial charge in [0.15, 0.2) is 5.69 Å². The number of rotatable bonds is 4. The molecule has 0 aliphatic carbocycles. The number of imidazole rings is 1. The van der Waals surface area contributed by atoms with E-state index < -0.39 is 0 Å². The fourth-order valence-electron chi connectivity index (χ4n) is 4.01. The molecule has 5 nitrogen and oxygen atoms in total. The zero-order chi connectivity index (χ0) is 19.7. The topological polar surface area (TPSA) is 40.9 Å². The number of hydrogen-bond acceptors (Lipinski definition) is 3. The summed E-state index contributed by atoms with van der Waals surface area (Å²) in [6, 6.07) is 16.6. The molecular formula is C23H28N4O. The number of fused-ring (bicyclic) bond motifs is 1. The normalized spacial score (nSPS) is 18.1. The van der Waals surface area contributed by atoms with Gasteiger partial charge in [-0.25, -0.2) is 4.98 Å². The van der Waals surface area contributed by atoms with Crippen LogP contribution in [-0.2, 0) is 6.42 Å². The summed E-state index contributed by atoms with van der Waals surface area (Å²) < 4.78 is 2.07. The number of aromatic nitrogens is 2. The van der Waals surface area contributed by atoms with E-state index in [1.807, 2.05) is 35.4 Å². The number of likely N-dealkylation sites (N-methyl/N-ethyl adjacent to an activating group) is 1. The van der Waals surface area contributed by atoms with E-state index in [0.29, 0.717) is 18.2 Å². The first-order valence-corrected chi connectivity index (χ1v) is 10.0. The molecular weight excluding hydrogens is 348 g/mol. The lowest BCUT2D eigenvalue weighted by molar-refractivity contribution is 0.0543. The predicted octanol–water partition coefficient (Wildman–Crippen LogP) is 3.66. The molecule has 28 heavy (non-hydrogen) atoms. The molecule has 5 heteroatoms. The summed E-state index contributed by atoms with van der Waals surface area (Å²) >= 11 is 0. The molecule has 1 fully saturated rings. The number of piperazine rings is 1. The number of carbonyl (C=O) groups is 1. The monoisotopic (exact) mass is 376 g/mol. The second-order valence-corrected chi connectivity index (χ2v) is 8.09. The molecule has 0 N–H and O–H groups in total. The highest BCUT2D eigenvalue weighted by Gasteiger charge is 2.31. The van der Waals surface area contributed by atoms with Gasteiger partial charge in [-0.3, -0.25) is 9.69 Å². The summed E-state index contributed by atoms with van der Waals surface area (Å²) in [5, 5.41) is 0. The van der Waals surface area contributed by atoms with E-state index >= 15 is 0 Å². The Morgan fingerprint density at radius 1 is 1.11 bits per heavy atom. The molecule has 3 aromatic rings. The second kappa shape index (κ2) is 7.76. The Labute approximate surface area is 166 Å². The SMILES string of the molecule is CC(C)Cc1nc(C(=O)N2CCN(C)C(c3ccccc3)C2)c2ccccn12. The van der Waals surface area contributed by atoms with Gasteiger partial charge in [0.05, 0.1) is 11.6 Å². The van der Waals surface area contributed by atoms with Crippen LogP contribution in [0.2, 0.25) is 0 Å². The van der Waals surface area contributed by atoms with Crippen molar-refractivity contribution in [3.63, 3.8) is 0 Å². The molecule has 0 saturated carbocycles. The second-order valence-electron chi connectivity index (χ2n) is 8.09. The van der Waals surface area contributed by atoms with Crippen LogP contribution in [0.25, 0.3) is 5.52 Å². The fraction of sp³-hybridized carbons (Fsp3) is 0.391. The molecule has 3 heterocycles. The van der Waals surface area contributed by atoms with Crippen LogP contribution in [0.1, 0.15) is 41.8 Å². The first-order chi connectivity index (χ1) is 13.5. The summed E-state index contributed by atoms with van der Waals surface area (Å²) in [6.07, 6.45) is 2.86. The van der Waals surface area contributed by atoms with E-state index in [1.54, 1.807) is 0 Å². The predicted molar refractivity (Wildman–Crippen MR) is 111 cm³/mol. The van der Waals surface area contributed by atoms with Crippen LogP contribution < -0.4 is 0 Å². The summed E-state index contributed by atoms with van der Waals surface area (Å²) in [5.41, 5.74) is 2.73. The number of amides is 1. The average Bonchev–Trinajstić information content (AvgIpc) is 3.06. The number of benzene rings is 1. The van der Waals surface area contributed by atoms with Gasteiger partial charge in [0, 0.05) is 32.3 Å². The lowest BCUT2D eigenvalue weighted by Gasteiger charge is -2.39. The standard InChI is InChI=1S/C23H28N4O/c1-17(2)15-21-24-22(19-11-7-8-12-27(19)21)23(28)26-14-13-25(3)20(16-26)18-9-5-4-6-10-18/h4-12,17,20H,13-16H2,1-3H3. The van der Waals surface area contributed by atoms with Crippen LogP contribution >= 0.6 is 0 Å². The van der Waals surface area contributed by atoms with Crippen molar-refractivity contribution in [1.82, 2.24) is 19.2 Å². The van der Waals surface area contributed by atoms with E-state index in [0.717, 1.165) is 30.9 Å². The first-order valence-electron chi connectivity index (χ1n) is 10.0. The van der Waals surface area contributed by atoms with Gasteiger partial charge in [0.2, 0.25) is 0 Å². The van der Waals surface area contributed by atoms with Crippen molar-refractivity contribution >= 4 is 11.4 Å². The third kappa shape index (κ3) is 3.54. The fourth-order valence-corrected chi connectivity index (χ4v) is 4.01. The summed E-state index contributed by atoms with van der Waals surface area (Å²) in [5.74, 6) is 1.48. The summed E-state index contributed by atoms with van der Waals surface area (Å²) in [4.78, 5) is 22.5. The van der Waals surface area contributed by atoms with Gasteiger partial charge in [-0.1, -0.05) is 50.2 Å². The van der Waals surface area contributed by atoms with Crippen LogP contribution in [0.15, 0.2) is 54.7 Å². The van der Waals surface area contributed by atoms with Crippen LogP contribution in [0.5, 0.6) is 0 Å². The Kier molecular flexibility index (Phi) is 5.18. The minimum atomic E-state index is 0.0349. The highest BCUT2D eigenvalue weighted by molar-refractivity contribution is 5.99. The van der Waals surface area contributed by atoms with Crippen molar-refractivity contribution in [1.29, 1.82) is 0 Å². The lowest BCUT2D eigenvalue weighted by Crippen LogP contribution is -2.49. The minimum Gasteiger partial charge on any atom is -0.334 e. The maximum Gasteiger partial charge on any atom is 0.274 e. The summed E-state index contributed by atoms with van der Waals surface area (Å²) in [6.45, 7) is 6.62. The Hall–Kier alpha value is -2.66. The van der Waals surface area contributed by atoms with Gasteiger partial charge < -0.3 is 9.30 Å². The van der Waals surface area contributed by atoms with Gasteiger partial charge >= 0.3 is 0 Å². The maximum absolute atomic E-state index is 13.4. The number of carbonyl (C=O) groups excluding carboxylic acids is 1. The Morgan fingerprint density at radius 2 is 1.86 bits per heavy atom. The number of pyridine rings is 1. The molecule has 0 radical (unpaired) electrons. The van der Waals surface area contributed by atoms with Crippen molar-refractivity contribution in [2.75, 3.05) is 26.7 Å². The molecule has 1 saturated heterocycles. The average molecular weight is 377 g/mol. The van der Waals surface area contributed by atoms with E-state index in [-0.39, 0.29) is 11.9 Å². The van der Waals surface area contributed by atoms with E-state index in [9.17, 15) is 4.79 Å². The molecule has 1 unspecified atom stereocenters. The van der Waals surface area contributed by atoms with Crippen LogP contribution in [-0.4, -0.2) is 51.8 Å². The molecule has 1 atom stereocenters. The highest BCUT2D eigenvalue weighted by Crippen LogP contribution is 2.26.